The molecule has 3 aromatic rings. The van der Waals surface area contributed by atoms with E-state index in [-0.39, 0.29) is 28.8 Å². The average molecular weight is 520 g/mol. The molecule has 1 saturated heterocycles. The van der Waals surface area contributed by atoms with Crippen molar-refractivity contribution >= 4 is 28.5 Å². The lowest BCUT2D eigenvalue weighted by atomic mass is 9.83. The summed E-state index contributed by atoms with van der Waals surface area (Å²) in [6, 6.07) is 9.00. The molecule has 0 radical (unpaired) electrons. The summed E-state index contributed by atoms with van der Waals surface area (Å²) in [5, 5.41) is 9.55. The molecule has 1 amide bonds. The van der Waals surface area contributed by atoms with Gasteiger partial charge >= 0.3 is 5.97 Å². The lowest BCUT2D eigenvalue weighted by Crippen LogP contribution is -2.51. The second-order valence-corrected chi connectivity index (χ2v) is 10.5. The summed E-state index contributed by atoms with van der Waals surface area (Å²) >= 11 is 0. The molecule has 2 aromatic carbocycles. The number of methoxy groups -OCH3 is 1. The highest BCUT2D eigenvalue weighted by Gasteiger charge is 2.32. The lowest BCUT2D eigenvalue weighted by Gasteiger charge is -2.38. The Hall–Kier alpha value is -3.88. The third-order valence-corrected chi connectivity index (χ3v) is 8.19. The number of carbonyl (C=O) groups is 2. The van der Waals surface area contributed by atoms with Crippen molar-refractivity contribution in [1.82, 2.24) is 9.47 Å². The first-order valence-corrected chi connectivity index (χ1v) is 13.1. The van der Waals surface area contributed by atoms with Crippen LogP contribution in [-0.2, 0) is 17.6 Å². The minimum absolute atomic E-state index is 0.0590. The summed E-state index contributed by atoms with van der Waals surface area (Å²) in [6.07, 6.45) is 5.54. The maximum atomic E-state index is 15.3. The van der Waals surface area contributed by atoms with Crippen molar-refractivity contribution in [3.8, 4) is 5.75 Å². The van der Waals surface area contributed by atoms with Gasteiger partial charge in [0, 0.05) is 49.7 Å². The first-order chi connectivity index (χ1) is 18.3. The van der Waals surface area contributed by atoms with Crippen molar-refractivity contribution in [3.05, 3.63) is 69.3 Å². The highest BCUT2D eigenvalue weighted by molar-refractivity contribution is 5.93. The van der Waals surface area contributed by atoms with Crippen molar-refractivity contribution in [1.29, 1.82) is 0 Å². The normalized spacial score (nSPS) is 19.4. The number of aryl methyl sites for hydroxylation is 1. The molecule has 1 N–H and O–H groups in total. The zero-order valence-electron chi connectivity index (χ0n) is 21.3. The fourth-order valence-corrected chi connectivity index (χ4v) is 5.90. The number of piperazine rings is 1. The molecule has 0 spiro atoms. The topological polar surface area (TPSA) is 92.1 Å². The average Bonchev–Trinajstić information content (AvgIpc) is 3.78. The predicted octanol–water partition coefficient (Wildman–Crippen LogP) is 3.64. The Kier molecular flexibility index (Phi) is 6.08. The number of anilines is 1. The first kappa shape index (κ1) is 24.5. The molecule has 1 atom stereocenters. The van der Waals surface area contributed by atoms with Gasteiger partial charge in [0.15, 0.2) is 0 Å². The van der Waals surface area contributed by atoms with Crippen LogP contribution in [0.5, 0.6) is 5.75 Å². The van der Waals surface area contributed by atoms with Crippen LogP contribution >= 0.6 is 0 Å². The zero-order chi connectivity index (χ0) is 26.6. The number of halogens is 1. The maximum Gasteiger partial charge on any atom is 0.341 e. The molecule has 2 heterocycles. The molecule has 8 nitrogen and oxygen atoms in total. The van der Waals surface area contributed by atoms with E-state index in [4.69, 9.17) is 4.74 Å². The van der Waals surface area contributed by atoms with Gasteiger partial charge in [0.1, 0.15) is 17.1 Å². The van der Waals surface area contributed by atoms with Gasteiger partial charge in [-0.15, -0.1) is 0 Å². The van der Waals surface area contributed by atoms with Gasteiger partial charge in [-0.1, -0.05) is 6.07 Å². The van der Waals surface area contributed by atoms with Crippen molar-refractivity contribution in [2.45, 2.75) is 38.1 Å². The molecule has 1 unspecified atom stereocenters. The molecule has 6 rings (SSSR count). The number of aromatic carboxylic acids is 1. The van der Waals surface area contributed by atoms with Crippen LogP contribution in [0.15, 0.2) is 41.3 Å². The SMILES string of the molecule is COc1ccc2c(c1)CCC(C(=O)N1CCN(c3cc4c(cc3F)c(=O)c(C(=O)O)cn4C3CC3)CC1)C2. The van der Waals surface area contributed by atoms with Crippen LogP contribution in [-0.4, -0.2) is 59.7 Å². The van der Waals surface area contributed by atoms with Gasteiger partial charge in [-0.3, -0.25) is 9.59 Å². The number of carbonyl (C=O) groups excluding carboxylic acids is 1. The number of aromatic nitrogens is 1. The molecule has 38 heavy (non-hydrogen) atoms. The van der Waals surface area contributed by atoms with Crippen molar-refractivity contribution in [2.24, 2.45) is 5.92 Å². The van der Waals surface area contributed by atoms with E-state index in [0.29, 0.717) is 43.8 Å². The van der Waals surface area contributed by atoms with Crippen LogP contribution in [0.2, 0.25) is 0 Å². The number of ether oxygens (including phenoxy) is 1. The number of benzene rings is 2. The fraction of sp³-hybridized carbons (Fsp3) is 0.414. The maximum absolute atomic E-state index is 15.3. The Labute approximate surface area is 219 Å². The lowest BCUT2D eigenvalue weighted by molar-refractivity contribution is -0.136. The summed E-state index contributed by atoms with van der Waals surface area (Å²) < 4.78 is 22.4. The summed E-state index contributed by atoms with van der Waals surface area (Å²) in [6.45, 7) is 1.95. The van der Waals surface area contributed by atoms with Crippen LogP contribution in [0.1, 0.15) is 46.8 Å². The van der Waals surface area contributed by atoms with Crippen LogP contribution < -0.4 is 15.1 Å². The molecule has 1 aromatic heterocycles. The molecule has 0 bridgehead atoms. The summed E-state index contributed by atoms with van der Waals surface area (Å²) in [7, 11) is 1.65. The first-order valence-electron chi connectivity index (χ1n) is 13.1. The molecule has 2 fully saturated rings. The summed E-state index contributed by atoms with van der Waals surface area (Å²) in [5.41, 5.74) is 2.35. The number of hydrogen-bond acceptors (Lipinski definition) is 5. The quantitative estimate of drug-likeness (QED) is 0.554. The Bertz CT molecular complexity index is 1500. The Morgan fingerprint density at radius 1 is 1.03 bits per heavy atom. The highest BCUT2D eigenvalue weighted by atomic mass is 19.1. The van der Waals surface area contributed by atoms with E-state index in [0.717, 1.165) is 31.4 Å². The molecule has 3 aliphatic rings. The van der Waals surface area contributed by atoms with Gasteiger partial charge in [-0.25, -0.2) is 9.18 Å². The number of carboxylic acids is 1. The summed E-state index contributed by atoms with van der Waals surface area (Å²) in [4.78, 5) is 41.5. The van der Waals surface area contributed by atoms with Crippen LogP contribution in [0, 0.1) is 11.7 Å². The zero-order valence-corrected chi connectivity index (χ0v) is 21.3. The number of rotatable bonds is 5. The Morgan fingerprint density at radius 3 is 2.47 bits per heavy atom. The Balaban J connectivity index is 1.19. The smallest absolute Gasteiger partial charge is 0.341 e. The molecule has 2 aliphatic carbocycles. The standard InChI is InChI=1S/C29H30FN3O5/c1-38-21-7-4-17-12-19(3-2-18(17)13-21)28(35)32-10-8-31(9-11-32)26-15-25-22(14-24(26)30)27(34)23(29(36)37)16-33(25)20-5-6-20/h4,7,13-16,19-20H,2-3,5-6,8-12H2,1H3,(H,36,37). The van der Waals surface area contributed by atoms with E-state index in [1.165, 1.54) is 23.4 Å². The van der Waals surface area contributed by atoms with E-state index in [1.54, 1.807) is 17.7 Å². The number of pyridine rings is 1. The second-order valence-electron chi connectivity index (χ2n) is 10.5. The minimum Gasteiger partial charge on any atom is -0.497 e. The van der Waals surface area contributed by atoms with E-state index in [1.807, 2.05) is 15.9 Å². The minimum atomic E-state index is -1.31. The molecular weight excluding hydrogens is 489 g/mol. The molecule has 1 aliphatic heterocycles. The van der Waals surface area contributed by atoms with Crippen molar-refractivity contribution < 1.29 is 23.8 Å². The number of nitrogens with zero attached hydrogens (tertiary/aromatic N) is 3. The third-order valence-electron chi connectivity index (χ3n) is 8.19. The summed E-state index contributed by atoms with van der Waals surface area (Å²) in [5.74, 6) is -0.941. The third kappa shape index (κ3) is 4.29. The monoisotopic (exact) mass is 519 g/mol. The van der Waals surface area contributed by atoms with Crippen molar-refractivity contribution in [3.63, 3.8) is 0 Å². The number of carboxylic acid groups (broad SMARTS) is 1. The number of amides is 1. The van der Waals surface area contributed by atoms with Crippen LogP contribution in [0.25, 0.3) is 10.9 Å². The Morgan fingerprint density at radius 2 is 1.79 bits per heavy atom. The molecule has 1 saturated carbocycles. The molecule has 9 heteroatoms. The van der Waals surface area contributed by atoms with E-state index >= 15 is 4.39 Å². The molecular formula is C29H30FN3O5. The second kappa shape index (κ2) is 9.45. The van der Waals surface area contributed by atoms with Crippen LogP contribution in [0.3, 0.4) is 0 Å². The number of fused-ring (bicyclic) bond motifs is 2. The van der Waals surface area contributed by atoms with Gasteiger partial charge in [0.25, 0.3) is 0 Å². The van der Waals surface area contributed by atoms with Gasteiger partial charge < -0.3 is 24.2 Å². The van der Waals surface area contributed by atoms with Gasteiger partial charge in [0.05, 0.1) is 18.3 Å². The van der Waals surface area contributed by atoms with Crippen molar-refractivity contribution in [2.75, 3.05) is 38.2 Å². The van der Waals surface area contributed by atoms with E-state index < -0.39 is 17.2 Å². The predicted molar refractivity (Wildman–Crippen MR) is 141 cm³/mol. The fourth-order valence-electron chi connectivity index (χ4n) is 5.90. The largest absolute Gasteiger partial charge is 0.497 e. The highest BCUT2D eigenvalue weighted by Crippen LogP contribution is 2.38. The van der Waals surface area contributed by atoms with Crippen LogP contribution in [0.4, 0.5) is 10.1 Å². The van der Waals surface area contributed by atoms with Gasteiger partial charge in [0.2, 0.25) is 11.3 Å². The molecule has 198 valence electrons. The van der Waals surface area contributed by atoms with E-state index in [2.05, 4.69) is 12.1 Å². The van der Waals surface area contributed by atoms with Gasteiger partial charge in [-0.2, -0.15) is 0 Å². The number of hydrogen-bond donors (Lipinski definition) is 1. The van der Waals surface area contributed by atoms with E-state index in [9.17, 15) is 19.5 Å². The van der Waals surface area contributed by atoms with Gasteiger partial charge in [-0.05, 0) is 67.5 Å².